The number of methoxy groups -OCH3 is 2. The number of hydrogen-bond acceptors (Lipinski definition) is 7. The monoisotopic (exact) mass is 347 g/mol. The van der Waals surface area contributed by atoms with E-state index in [9.17, 15) is 14.4 Å². The SMILES string of the molecule is COc1ccc2c(c1OC)C(=O)O[C@H]2c1c(N)n(C)c(=O)n(C)c1=O. The van der Waals surface area contributed by atoms with Gasteiger partial charge in [-0.3, -0.25) is 13.9 Å². The smallest absolute Gasteiger partial charge is 0.343 e. The second-order valence-corrected chi connectivity index (χ2v) is 5.56. The lowest BCUT2D eigenvalue weighted by atomic mass is 9.99. The summed E-state index contributed by atoms with van der Waals surface area (Å²) in [5.74, 6) is -0.146. The molecule has 0 spiro atoms. The van der Waals surface area contributed by atoms with Crippen LogP contribution in [0, 0.1) is 0 Å². The summed E-state index contributed by atoms with van der Waals surface area (Å²) in [4.78, 5) is 36.9. The van der Waals surface area contributed by atoms with Crippen molar-refractivity contribution >= 4 is 11.8 Å². The van der Waals surface area contributed by atoms with Crippen LogP contribution in [0.25, 0.3) is 0 Å². The van der Waals surface area contributed by atoms with Crippen molar-refractivity contribution in [1.82, 2.24) is 9.13 Å². The summed E-state index contributed by atoms with van der Waals surface area (Å²) in [6, 6.07) is 3.21. The number of ether oxygens (including phenoxy) is 3. The van der Waals surface area contributed by atoms with Gasteiger partial charge in [0.25, 0.3) is 5.56 Å². The average Bonchev–Trinajstić information content (AvgIpc) is 2.94. The highest BCUT2D eigenvalue weighted by Gasteiger charge is 2.39. The van der Waals surface area contributed by atoms with Crippen LogP contribution < -0.4 is 26.5 Å². The van der Waals surface area contributed by atoms with Gasteiger partial charge in [0.1, 0.15) is 16.9 Å². The van der Waals surface area contributed by atoms with E-state index in [2.05, 4.69) is 0 Å². The maximum atomic E-state index is 12.6. The van der Waals surface area contributed by atoms with Crippen LogP contribution in [0.1, 0.15) is 27.6 Å². The van der Waals surface area contributed by atoms with Crippen LogP contribution >= 0.6 is 0 Å². The van der Waals surface area contributed by atoms with Crippen LogP contribution in [0.2, 0.25) is 0 Å². The lowest BCUT2D eigenvalue weighted by Crippen LogP contribution is -2.41. The van der Waals surface area contributed by atoms with Gasteiger partial charge in [-0.1, -0.05) is 6.07 Å². The number of hydrogen-bond donors (Lipinski definition) is 1. The number of anilines is 1. The third kappa shape index (κ3) is 2.19. The number of rotatable bonds is 3. The van der Waals surface area contributed by atoms with Crippen molar-refractivity contribution in [1.29, 1.82) is 0 Å². The largest absolute Gasteiger partial charge is 0.493 e. The van der Waals surface area contributed by atoms with E-state index in [1.165, 1.54) is 28.3 Å². The van der Waals surface area contributed by atoms with Gasteiger partial charge in [-0.05, 0) is 6.07 Å². The molecule has 25 heavy (non-hydrogen) atoms. The second kappa shape index (κ2) is 5.69. The molecular weight excluding hydrogens is 330 g/mol. The Kier molecular flexibility index (Phi) is 3.78. The van der Waals surface area contributed by atoms with Gasteiger partial charge >= 0.3 is 11.7 Å². The Balaban J connectivity index is 2.31. The summed E-state index contributed by atoms with van der Waals surface area (Å²) in [5.41, 5.74) is 5.38. The third-order valence-electron chi connectivity index (χ3n) is 4.30. The summed E-state index contributed by atoms with van der Waals surface area (Å²) in [5, 5.41) is 0. The normalized spacial score (nSPS) is 15.7. The van der Waals surface area contributed by atoms with Gasteiger partial charge in [-0.25, -0.2) is 9.59 Å². The molecule has 0 saturated heterocycles. The second-order valence-electron chi connectivity index (χ2n) is 5.56. The predicted octanol–water partition coefficient (Wildman–Crippen LogP) is -0.0568. The minimum absolute atomic E-state index is 0.0175. The van der Waals surface area contributed by atoms with Crippen LogP contribution in [0.4, 0.5) is 5.82 Å². The predicted molar refractivity (Wildman–Crippen MR) is 88.1 cm³/mol. The first-order valence-corrected chi connectivity index (χ1v) is 7.34. The number of nitrogens with zero attached hydrogens (tertiary/aromatic N) is 2. The molecule has 0 amide bonds. The van der Waals surface area contributed by atoms with Gasteiger partial charge < -0.3 is 19.9 Å². The lowest BCUT2D eigenvalue weighted by Gasteiger charge is -2.16. The van der Waals surface area contributed by atoms with Crippen molar-refractivity contribution in [2.24, 2.45) is 14.1 Å². The molecule has 1 aromatic heterocycles. The quantitative estimate of drug-likeness (QED) is 0.774. The third-order valence-corrected chi connectivity index (χ3v) is 4.30. The lowest BCUT2D eigenvalue weighted by molar-refractivity contribution is 0.0451. The maximum absolute atomic E-state index is 12.6. The molecule has 132 valence electrons. The number of carbonyl (C=O) groups excluding carboxylic acids is 1. The molecule has 2 N–H and O–H groups in total. The van der Waals surface area contributed by atoms with E-state index in [0.29, 0.717) is 11.3 Å². The molecule has 1 aliphatic rings. The van der Waals surface area contributed by atoms with Gasteiger partial charge in [0, 0.05) is 19.7 Å². The van der Waals surface area contributed by atoms with Gasteiger partial charge in [0.15, 0.2) is 17.6 Å². The molecule has 1 aromatic carbocycles. The molecule has 0 radical (unpaired) electrons. The fourth-order valence-electron chi connectivity index (χ4n) is 2.95. The molecule has 0 aliphatic carbocycles. The summed E-state index contributed by atoms with van der Waals surface area (Å²) >= 11 is 0. The molecular formula is C16H17N3O6. The Morgan fingerprint density at radius 3 is 2.36 bits per heavy atom. The Bertz CT molecular complexity index is 1000. The molecule has 1 aliphatic heterocycles. The molecule has 0 unspecified atom stereocenters. The highest BCUT2D eigenvalue weighted by atomic mass is 16.6. The summed E-state index contributed by atoms with van der Waals surface area (Å²) in [6.07, 6.45) is -1.03. The van der Waals surface area contributed by atoms with Gasteiger partial charge in [-0.2, -0.15) is 0 Å². The minimum atomic E-state index is -1.03. The molecule has 9 nitrogen and oxygen atoms in total. The van der Waals surface area contributed by atoms with Crippen LogP contribution in [-0.2, 0) is 18.8 Å². The number of nitrogens with two attached hydrogens (primary N) is 1. The topological polar surface area (TPSA) is 115 Å². The number of cyclic esters (lactones) is 1. The van der Waals surface area contributed by atoms with Crippen molar-refractivity contribution in [2.75, 3.05) is 20.0 Å². The number of esters is 1. The first-order chi connectivity index (χ1) is 11.8. The molecule has 0 fully saturated rings. The fourth-order valence-corrected chi connectivity index (χ4v) is 2.95. The van der Waals surface area contributed by atoms with E-state index in [4.69, 9.17) is 19.9 Å². The Hall–Kier alpha value is -3.23. The maximum Gasteiger partial charge on any atom is 0.343 e. The number of carbonyl (C=O) groups is 1. The number of benzene rings is 1. The first kappa shape index (κ1) is 16.6. The van der Waals surface area contributed by atoms with E-state index in [1.807, 2.05) is 0 Å². The van der Waals surface area contributed by atoms with E-state index in [-0.39, 0.29) is 22.7 Å². The van der Waals surface area contributed by atoms with E-state index in [1.54, 1.807) is 12.1 Å². The number of aromatic nitrogens is 2. The van der Waals surface area contributed by atoms with E-state index < -0.39 is 23.3 Å². The number of nitrogen functional groups attached to an aromatic ring is 1. The Morgan fingerprint density at radius 1 is 1.08 bits per heavy atom. The molecule has 9 heteroatoms. The van der Waals surface area contributed by atoms with Gasteiger partial charge in [0.05, 0.1) is 14.2 Å². The van der Waals surface area contributed by atoms with Crippen molar-refractivity contribution < 1.29 is 19.0 Å². The molecule has 1 atom stereocenters. The first-order valence-electron chi connectivity index (χ1n) is 7.34. The zero-order valence-corrected chi connectivity index (χ0v) is 14.2. The van der Waals surface area contributed by atoms with E-state index >= 15 is 0 Å². The standard InChI is InChI=1S/C16H17N3O6/c1-18-13(17)10(14(20)19(2)16(18)22)11-7-5-6-8(23-3)12(24-4)9(7)15(21)25-11/h5-6,11H,17H2,1-4H3/t11-/m1/s1. The van der Waals surface area contributed by atoms with Crippen molar-refractivity contribution in [3.8, 4) is 11.5 Å². The Morgan fingerprint density at radius 2 is 1.76 bits per heavy atom. The fraction of sp³-hybridized carbons (Fsp3) is 0.312. The highest BCUT2D eigenvalue weighted by Crippen LogP contribution is 2.44. The number of fused-ring (bicyclic) bond motifs is 1. The summed E-state index contributed by atoms with van der Waals surface area (Å²) in [6.45, 7) is 0. The van der Waals surface area contributed by atoms with Crippen molar-refractivity contribution in [2.45, 2.75) is 6.10 Å². The van der Waals surface area contributed by atoms with Crippen LogP contribution in [0.5, 0.6) is 11.5 Å². The highest BCUT2D eigenvalue weighted by molar-refractivity contribution is 5.98. The summed E-state index contributed by atoms with van der Waals surface area (Å²) in [7, 11) is 5.62. The molecule has 3 rings (SSSR count). The van der Waals surface area contributed by atoms with Crippen LogP contribution in [-0.4, -0.2) is 29.3 Å². The molecule has 0 saturated carbocycles. The molecule has 0 bridgehead atoms. The van der Waals surface area contributed by atoms with Crippen LogP contribution in [0.15, 0.2) is 21.7 Å². The molecule has 2 aromatic rings. The Labute approximate surface area is 142 Å². The van der Waals surface area contributed by atoms with E-state index in [0.717, 1.165) is 9.13 Å². The van der Waals surface area contributed by atoms with Crippen molar-refractivity contribution in [3.63, 3.8) is 0 Å². The molecule has 2 heterocycles. The average molecular weight is 347 g/mol. The van der Waals surface area contributed by atoms with Gasteiger partial charge in [0.2, 0.25) is 0 Å². The zero-order chi connectivity index (χ0) is 18.5. The summed E-state index contributed by atoms with van der Waals surface area (Å²) < 4.78 is 17.9. The van der Waals surface area contributed by atoms with Crippen LogP contribution in [0.3, 0.4) is 0 Å². The minimum Gasteiger partial charge on any atom is -0.493 e. The van der Waals surface area contributed by atoms with Crippen molar-refractivity contribution in [3.05, 3.63) is 49.7 Å². The van der Waals surface area contributed by atoms with Gasteiger partial charge in [-0.15, -0.1) is 0 Å². The zero-order valence-electron chi connectivity index (χ0n) is 14.2.